The van der Waals surface area contributed by atoms with Crippen LogP contribution in [0.2, 0.25) is 5.02 Å². The molecular weight excluding hydrogens is 362 g/mol. The van der Waals surface area contributed by atoms with E-state index in [1.165, 1.54) is 5.56 Å². The molecule has 142 valence electrons. The highest BCUT2D eigenvalue weighted by molar-refractivity contribution is 6.30. The van der Waals surface area contributed by atoms with Crippen molar-refractivity contribution in [2.75, 3.05) is 13.2 Å². The standard InChI is InChI=1S/C22H24ClNO3/c1-15(2)21(17-7-9-19(23)10-8-17)22(26)27-14-20(25)24-12-11-16-5-3-4-6-18(16)13-24/h3-10,15,21H,11-14H2,1-2H3/t21-/m0/s1. The molecule has 1 atom stereocenters. The van der Waals surface area contributed by atoms with Gasteiger partial charge in [0.2, 0.25) is 0 Å². The summed E-state index contributed by atoms with van der Waals surface area (Å²) in [4.78, 5) is 26.9. The number of rotatable bonds is 5. The van der Waals surface area contributed by atoms with E-state index in [1.54, 1.807) is 17.0 Å². The zero-order valence-electron chi connectivity index (χ0n) is 15.7. The van der Waals surface area contributed by atoms with E-state index in [0.29, 0.717) is 18.1 Å². The molecule has 0 unspecified atom stereocenters. The van der Waals surface area contributed by atoms with Crippen LogP contribution in [0.25, 0.3) is 0 Å². The summed E-state index contributed by atoms with van der Waals surface area (Å²) in [6.07, 6.45) is 0.829. The Bertz CT molecular complexity index is 817. The van der Waals surface area contributed by atoms with E-state index in [9.17, 15) is 9.59 Å². The van der Waals surface area contributed by atoms with Gasteiger partial charge in [-0.25, -0.2) is 0 Å². The molecule has 0 saturated heterocycles. The van der Waals surface area contributed by atoms with Crippen LogP contribution in [0.15, 0.2) is 48.5 Å². The topological polar surface area (TPSA) is 46.6 Å². The van der Waals surface area contributed by atoms with Gasteiger partial charge in [-0.2, -0.15) is 0 Å². The number of amides is 1. The first-order valence-corrected chi connectivity index (χ1v) is 9.60. The molecular formula is C22H24ClNO3. The maximum atomic E-state index is 12.6. The van der Waals surface area contributed by atoms with Crippen LogP contribution in [0.1, 0.15) is 36.5 Å². The van der Waals surface area contributed by atoms with Crippen LogP contribution in [0.4, 0.5) is 0 Å². The third-order valence-corrected chi connectivity index (χ3v) is 5.22. The van der Waals surface area contributed by atoms with Gasteiger partial charge >= 0.3 is 5.97 Å². The molecule has 1 heterocycles. The number of benzene rings is 2. The lowest BCUT2D eigenvalue weighted by Gasteiger charge is -2.29. The van der Waals surface area contributed by atoms with Crippen molar-refractivity contribution in [3.8, 4) is 0 Å². The lowest BCUT2D eigenvalue weighted by molar-refractivity contribution is -0.154. The van der Waals surface area contributed by atoms with Gasteiger partial charge in [0, 0.05) is 18.1 Å². The summed E-state index contributed by atoms with van der Waals surface area (Å²) < 4.78 is 5.39. The minimum Gasteiger partial charge on any atom is -0.455 e. The minimum atomic E-state index is -0.419. The van der Waals surface area contributed by atoms with Gasteiger partial charge in [0.05, 0.1) is 5.92 Å². The second-order valence-electron chi connectivity index (χ2n) is 7.21. The van der Waals surface area contributed by atoms with Crippen LogP contribution >= 0.6 is 11.6 Å². The van der Waals surface area contributed by atoms with Gasteiger partial charge in [-0.1, -0.05) is 61.8 Å². The number of ether oxygens (including phenoxy) is 1. The fourth-order valence-electron chi connectivity index (χ4n) is 3.49. The van der Waals surface area contributed by atoms with Crippen LogP contribution in [0, 0.1) is 5.92 Å². The van der Waals surface area contributed by atoms with Gasteiger partial charge < -0.3 is 9.64 Å². The third-order valence-electron chi connectivity index (χ3n) is 4.97. The molecule has 0 fully saturated rings. The quantitative estimate of drug-likeness (QED) is 0.724. The summed E-state index contributed by atoms with van der Waals surface area (Å²) in [7, 11) is 0. The summed E-state index contributed by atoms with van der Waals surface area (Å²) in [5, 5.41) is 0.621. The molecule has 5 heteroatoms. The largest absolute Gasteiger partial charge is 0.455 e. The van der Waals surface area contributed by atoms with Crippen molar-refractivity contribution in [3.05, 3.63) is 70.2 Å². The van der Waals surface area contributed by atoms with Crippen molar-refractivity contribution in [1.82, 2.24) is 4.90 Å². The van der Waals surface area contributed by atoms with Crippen LogP contribution in [0.5, 0.6) is 0 Å². The molecule has 3 rings (SSSR count). The second kappa shape index (κ2) is 8.57. The second-order valence-corrected chi connectivity index (χ2v) is 7.65. The van der Waals surface area contributed by atoms with Gasteiger partial charge in [0.25, 0.3) is 5.91 Å². The molecule has 2 aromatic carbocycles. The monoisotopic (exact) mass is 385 g/mol. The van der Waals surface area contributed by atoms with Crippen molar-refractivity contribution in [2.24, 2.45) is 5.92 Å². The molecule has 0 bridgehead atoms. The van der Waals surface area contributed by atoms with Gasteiger partial charge in [0.15, 0.2) is 6.61 Å². The Kier molecular flexibility index (Phi) is 6.17. The highest BCUT2D eigenvalue weighted by Gasteiger charge is 2.27. The summed E-state index contributed by atoms with van der Waals surface area (Å²) in [6.45, 7) is 4.92. The van der Waals surface area contributed by atoms with Crippen LogP contribution in [-0.2, 0) is 27.3 Å². The SMILES string of the molecule is CC(C)[C@H](C(=O)OCC(=O)N1CCc2ccccc2C1)c1ccc(Cl)cc1. The van der Waals surface area contributed by atoms with Gasteiger partial charge in [-0.3, -0.25) is 9.59 Å². The molecule has 1 amide bonds. The summed E-state index contributed by atoms with van der Waals surface area (Å²) in [5.41, 5.74) is 3.28. The lowest BCUT2D eigenvalue weighted by atomic mass is 9.88. The maximum Gasteiger partial charge on any atom is 0.314 e. The number of carbonyl (C=O) groups excluding carboxylic acids is 2. The molecule has 0 radical (unpaired) electrons. The van der Waals surface area contributed by atoms with Crippen LogP contribution < -0.4 is 0 Å². The molecule has 0 spiro atoms. The average molecular weight is 386 g/mol. The van der Waals surface area contributed by atoms with Crippen molar-refractivity contribution in [2.45, 2.75) is 32.7 Å². The number of carbonyl (C=O) groups is 2. The summed E-state index contributed by atoms with van der Waals surface area (Å²) >= 11 is 5.93. The van der Waals surface area contributed by atoms with E-state index in [1.807, 2.05) is 44.2 Å². The fraction of sp³-hybridized carbons (Fsp3) is 0.364. The van der Waals surface area contributed by atoms with Gasteiger partial charge in [-0.15, -0.1) is 0 Å². The van der Waals surface area contributed by atoms with E-state index in [4.69, 9.17) is 16.3 Å². The first kappa shape index (κ1) is 19.4. The van der Waals surface area contributed by atoms with Gasteiger partial charge in [-0.05, 0) is 41.2 Å². The predicted octanol–water partition coefficient (Wildman–Crippen LogP) is 4.21. The molecule has 0 aliphatic carbocycles. The smallest absolute Gasteiger partial charge is 0.314 e. The molecule has 27 heavy (non-hydrogen) atoms. The average Bonchev–Trinajstić information content (AvgIpc) is 2.67. The fourth-order valence-corrected chi connectivity index (χ4v) is 3.61. The van der Waals surface area contributed by atoms with E-state index in [0.717, 1.165) is 17.5 Å². The molecule has 1 aliphatic rings. The Hall–Kier alpha value is -2.33. The Labute approximate surface area is 165 Å². The Balaban J connectivity index is 1.60. The van der Waals surface area contributed by atoms with Crippen LogP contribution in [-0.4, -0.2) is 29.9 Å². The van der Waals surface area contributed by atoms with E-state index >= 15 is 0 Å². The lowest BCUT2D eigenvalue weighted by Crippen LogP contribution is -2.39. The maximum absolute atomic E-state index is 12.6. The number of hydrogen-bond donors (Lipinski definition) is 0. The predicted molar refractivity (Wildman–Crippen MR) is 106 cm³/mol. The number of halogens is 1. The molecule has 1 aliphatic heterocycles. The van der Waals surface area contributed by atoms with Crippen LogP contribution in [0.3, 0.4) is 0 Å². The van der Waals surface area contributed by atoms with Crippen molar-refractivity contribution >= 4 is 23.5 Å². The number of nitrogens with zero attached hydrogens (tertiary/aromatic N) is 1. The highest BCUT2D eigenvalue weighted by Crippen LogP contribution is 2.27. The molecule has 4 nitrogen and oxygen atoms in total. The number of hydrogen-bond acceptors (Lipinski definition) is 3. The van der Waals surface area contributed by atoms with E-state index in [-0.39, 0.29) is 24.4 Å². The Morgan fingerprint density at radius 3 is 2.41 bits per heavy atom. The Morgan fingerprint density at radius 2 is 1.74 bits per heavy atom. The molecule has 0 N–H and O–H groups in total. The van der Waals surface area contributed by atoms with E-state index < -0.39 is 5.92 Å². The normalized spacial score (nSPS) is 14.6. The third kappa shape index (κ3) is 4.69. The van der Waals surface area contributed by atoms with E-state index in [2.05, 4.69) is 6.07 Å². The zero-order chi connectivity index (χ0) is 19.4. The summed E-state index contributed by atoms with van der Waals surface area (Å²) in [5.74, 6) is -0.901. The van der Waals surface area contributed by atoms with Crippen molar-refractivity contribution < 1.29 is 14.3 Å². The van der Waals surface area contributed by atoms with Crippen molar-refractivity contribution in [3.63, 3.8) is 0 Å². The first-order valence-electron chi connectivity index (χ1n) is 9.22. The number of esters is 1. The first-order chi connectivity index (χ1) is 13.0. The van der Waals surface area contributed by atoms with Gasteiger partial charge in [0.1, 0.15) is 0 Å². The highest BCUT2D eigenvalue weighted by atomic mass is 35.5. The molecule has 2 aromatic rings. The summed E-state index contributed by atoms with van der Waals surface area (Å²) in [6, 6.07) is 15.3. The zero-order valence-corrected chi connectivity index (χ0v) is 16.4. The van der Waals surface area contributed by atoms with Crippen molar-refractivity contribution in [1.29, 1.82) is 0 Å². The Morgan fingerprint density at radius 1 is 1.07 bits per heavy atom. The molecule has 0 aromatic heterocycles. The molecule has 0 saturated carbocycles. The number of fused-ring (bicyclic) bond motifs is 1. The minimum absolute atomic E-state index is 0.0515.